The van der Waals surface area contributed by atoms with E-state index in [2.05, 4.69) is 10.6 Å². The lowest BCUT2D eigenvalue weighted by Gasteiger charge is -2.29. The van der Waals surface area contributed by atoms with Gasteiger partial charge in [-0.3, -0.25) is 0 Å². The fourth-order valence-electron chi connectivity index (χ4n) is 2.20. The van der Waals surface area contributed by atoms with Crippen molar-refractivity contribution < 1.29 is 14.3 Å². The number of carbonyl (C=O) groups is 1. The zero-order valence-electron chi connectivity index (χ0n) is 12.2. The molecule has 1 aliphatic heterocycles. The van der Waals surface area contributed by atoms with Gasteiger partial charge >= 0.3 is 5.97 Å². The molecule has 2 N–H and O–H groups in total. The molecule has 0 aliphatic carbocycles. The number of hydrogen-bond acceptors (Lipinski definition) is 5. The highest BCUT2D eigenvalue weighted by atomic mass is 32.1. The van der Waals surface area contributed by atoms with E-state index in [-0.39, 0.29) is 6.61 Å². The molecule has 0 bridgehead atoms. The molecule has 1 heterocycles. The predicted octanol–water partition coefficient (Wildman–Crippen LogP) is 1.55. The summed E-state index contributed by atoms with van der Waals surface area (Å²) in [5.41, 5.74) is 1.97. The summed E-state index contributed by atoms with van der Waals surface area (Å²) in [5.74, 6) is 0.164. The quantitative estimate of drug-likeness (QED) is 0.644. The maximum atomic E-state index is 12.0. The molecule has 114 valence electrons. The number of benzene rings is 1. The topological polar surface area (TPSA) is 83.4 Å². The average molecular weight is 317 g/mol. The first-order valence-corrected chi connectivity index (χ1v) is 6.94. The number of rotatable bonds is 4. The third kappa shape index (κ3) is 3.35. The molecule has 0 saturated carbocycles. The van der Waals surface area contributed by atoms with Gasteiger partial charge in [0.05, 0.1) is 18.7 Å². The van der Waals surface area contributed by atoms with Crippen molar-refractivity contribution in [2.24, 2.45) is 0 Å². The van der Waals surface area contributed by atoms with Gasteiger partial charge in [-0.15, -0.1) is 0 Å². The number of esters is 1. The summed E-state index contributed by atoms with van der Waals surface area (Å²) in [6, 6.07) is 8.62. The van der Waals surface area contributed by atoms with Crippen LogP contribution >= 0.6 is 12.2 Å². The molecule has 1 aliphatic rings. The summed E-state index contributed by atoms with van der Waals surface area (Å²) in [5, 5.41) is 14.9. The molecule has 22 heavy (non-hydrogen) atoms. The lowest BCUT2D eigenvalue weighted by Crippen LogP contribution is -2.45. The van der Waals surface area contributed by atoms with Crippen LogP contribution < -0.4 is 15.4 Å². The number of hydrogen-bond donors (Lipinski definition) is 2. The van der Waals surface area contributed by atoms with E-state index < -0.39 is 12.0 Å². The van der Waals surface area contributed by atoms with E-state index in [4.69, 9.17) is 27.0 Å². The predicted molar refractivity (Wildman–Crippen MR) is 83.9 cm³/mol. The Morgan fingerprint density at radius 3 is 2.68 bits per heavy atom. The number of nitriles is 1. The molecule has 0 amide bonds. The minimum atomic E-state index is -0.421. The molecule has 0 unspecified atom stereocenters. The Hall–Kier alpha value is -2.59. The number of carbonyl (C=O) groups excluding carboxylic acids is 1. The van der Waals surface area contributed by atoms with Crippen molar-refractivity contribution >= 4 is 23.3 Å². The highest BCUT2D eigenvalue weighted by Crippen LogP contribution is 2.28. The van der Waals surface area contributed by atoms with Crippen molar-refractivity contribution in [3.8, 4) is 11.8 Å². The molecule has 7 heteroatoms. The normalized spacial score (nSPS) is 17.1. The maximum Gasteiger partial charge on any atom is 0.337 e. The summed E-state index contributed by atoms with van der Waals surface area (Å²) in [4.78, 5) is 12.0. The Balaban J connectivity index is 2.32. The van der Waals surface area contributed by atoms with Gasteiger partial charge in [-0.05, 0) is 36.8 Å². The summed E-state index contributed by atoms with van der Waals surface area (Å²) in [6.07, 6.45) is 0. The van der Waals surface area contributed by atoms with Crippen LogP contribution in [0.1, 0.15) is 18.5 Å². The summed E-state index contributed by atoms with van der Waals surface area (Å²) in [7, 11) is 1.34. The second-order valence-electron chi connectivity index (χ2n) is 4.58. The van der Waals surface area contributed by atoms with E-state index in [1.165, 1.54) is 7.11 Å². The van der Waals surface area contributed by atoms with Crippen LogP contribution in [0.4, 0.5) is 0 Å². The molecule has 6 nitrogen and oxygen atoms in total. The Labute approximate surface area is 133 Å². The number of thiocarbonyl (C=S) groups is 1. The molecular weight excluding hydrogens is 302 g/mol. The van der Waals surface area contributed by atoms with Crippen molar-refractivity contribution in [1.29, 1.82) is 5.26 Å². The van der Waals surface area contributed by atoms with E-state index in [1.54, 1.807) is 19.1 Å². The molecule has 2 rings (SSSR count). The first-order chi connectivity index (χ1) is 10.6. The number of ether oxygens (including phenoxy) is 2. The molecular formula is C15H15N3O3S. The highest BCUT2D eigenvalue weighted by molar-refractivity contribution is 7.80. The zero-order chi connectivity index (χ0) is 16.1. The monoisotopic (exact) mass is 317 g/mol. The van der Waals surface area contributed by atoms with Crippen molar-refractivity contribution in [1.82, 2.24) is 10.6 Å². The van der Waals surface area contributed by atoms with Crippen LogP contribution in [0.3, 0.4) is 0 Å². The van der Waals surface area contributed by atoms with Gasteiger partial charge in [0.15, 0.2) is 11.7 Å². The van der Waals surface area contributed by atoms with Gasteiger partial charge < -0.3 is 20.1 Å². The van der Waals surface area contributed by atoms with E-state index in [1.807, 2.05) is 18.2 Å². The first kappa shape index (κ1) is 15.8. The summed E-state index contributed by atoms with van der Waals surface area (Å²) in [6.45, 7) is 1.76. The third-order valence-corrected chi connectivity index (χ3v) is 3.41. The van der Waals surface area contributed by atoms with Crippen LogP contribution in [0.25, 0.3) is 0 Å². The molecule has 0 radical (unpaired) electrons. The summed E-state index contributed by atoms with van der Waals surface area (Å²) < 4.78 is 10.1. The van der Waals surface area contributed by atoms with Crippen LogP contribution in [0.2, 0.25) is 0 Å². The second kappa shape index (κ2) is 6.91. The van der Waals surface area contributed by atoms with Gasteiger partial charge in [0.2, 0.25) is 0 Å². The SMILES string of the molecule is COC(=O)C1=C(C)NC(=S)N[C@H]1c1ccc(OCC#N)cc1. The Kier molecular flexibility index (Phi) is 4.96. The number of allylic oxidation sites excluding steroid dienone is 1. The first-order valence-electron chi connectivity index (χ1n) is 6.53. The number of nitrogens with one attached hydrogen (secondary N) is 2. The maximum absolute atomic E-state index is 12.0. The lowest BCUT2D eigenvalue weighted by atomic mass is 9.95. The minimum absolute atomic E-state index is 0.0124. The van der Waals surface area contributed by atoms with Crippen LogP contribution in [-0.2, 0) is 9.53 Å². The molecule has 0 aromatic heterocycles. The standard InChI is InChI=1S/C15H15N3O3S/c1-9-12(14(19)20-2)13(18-15(22)17-9)10-3-5-11(6-4-10)21-8-7-16/h3-6,13H,8H2,1-2H3,(H2,17,18,22)/t13-/m0/s1. The van der Waals surface area contributed by atoms with Crippen molar-refractivity contribution in [2.45, 2.75) is 13.0 Å². The minimum Gasteiger partial charge on any atom is -0.479 e. The van der Waals surface area contributed by atoms with E-state index in [0.29, 0.717) is 22.1 Å². The van der Waals surface area contributed by atoms with Crippen molar-refractivity contribution in [3.05, 3.63) is 41.1 Å². The van der Waals surface area contributed by atoms with Crippen LogP contribution in [0.15, 0.2) is 35.5 Å². The van der Waals surface area contributed by atoms with Crippen LogP contribution in [0.5, 0.6) is 5.75 Å². The van der Waals surface area contributed by atoms with Gasteiger partial charge in [-0.2, -0.15) is 5.26 Å². The molecule has 1 aromatic rings. The third-order valence-electron chi connectivity index (χ3n) is 3.19. The fourth-order valence-corrected chi connectivity index (χ4v) is 2.47. The van der Waals surface area contributed by atoms with Gasteiger partial charge in [0, 0.05) is 5.70 Å². The van der Waals surface area contributed by atoms with Gasteiger partial charge in [-0.25, -0.2) is 4.79 Å². The van der Waals surface area contributed by atoms with Gasteiger partial charge in [0.1, 0.15) is 11.8 Å². The summed E-state index contributed by atoms with van der Waals surface area (Å²) >= 11 is 5.15. The van der Waals surface area contributed by atoms with E-state index >= 15 is 0 Å². The van der Waals surface area contributed by atoms with Crippen molar-refractivity contribution in [3.63, 3.8) is 0 Å². The van der Waals surface area contributed by atoms with Crippen LogP contribution in [-0.4, -0.2) is 24.8 Å². The van der Waals surface area contributed by atoms with Crippen molar-refractivity contribution in [2.75, 3.05) is 13.7 Å². The molecule has 0 fully saturated rings. The largest absolute Gasteiger partial charge is 0.479 e. The van der Waals surface area contributed by atoms with Crippen LogP contribution in [0, 0.1) is 11.3 Å². The molecule has 0 spiro atoms. The van der Waals surface area contributed by atoms with E-state index in [0.717, 1.165) is 5.56 Å². The molecule has 1 aromatic carbocycles. The van der Waals surface area contributed by atoms with Gasteiger partial charge in [0.25, 0.3) is 0 Å². The Morgan fingerprint density at radius 2 is 2.09 bits per heavy atom. The number of nitrogens with zero attached hydrogens (tertiary/aromatic N) is 1. The zero-order valence-corrected chi connectivity index (χ0v) is 13.0. The average Bonchev–Trinajstić information content (AvgIpc) is 2.52. The van der Waals surface area contributed by atoms with Gasteiger partial charge in [-0.1, -0.05) is 12.1 Å². The Bertz CT molecular complexity index is 662. The lowest BCUT2D eigenvalue weighted by molar-refractivity contribution is -0.136. The molecule has 1 atom stereocenters. The molecule has 0 saturated heterocycles. The Morgan fingerprint density at radius 1 is 1.41 bits per heavy atom. The smallest absolute Gasteiger partial charge is 0.337 e. The number of methoxy groups -OCH3 is 1. The second-order valence-corrected chi connectivity index (χ2v) is 4.99. The fraction of sp³-hybridized carbons (Fsp3) is 0.267. The highest BCUT2D eigenvalue weighted by Gasteiger charge is 2.30. The van der Waals surface area contributed by atoms with E-state index in [9.17, 15) is 4.79 Å².